The molecular formula is C13H22N4O3. The normalized spacial score (nSPS) is 11.8. The molecule has 1 rings (SSSR count). The second-order valence-electron chi connectivity index (χ2n) is 4.54. The van der Waals surface area contributed by atoms with Crippen molar-refractivity contribution in [3.63, 3.8) is 0 Å². The number of rotatable bonds is 5. The Kier molecular flexibility index (Phi) is 5.54. The third-order valence-corrected chi connectivity index (χ3v) is 3.16. The zero-order valence-corrected chi connectivity index (χ0v) is 12.6. The van der Waals surface area contributed by atoms with Crippen molar-refractivity contribution in [2.75, 3.05) is 7.11 Å². The zero-order chi connectivity index (χ0) is 15.3. The van der Waals surface area contributed by atoms with Gasteiger partial charge < -0.3 is 15.4 Å². The summed E-state index contributed by atoms with van der Waals surface area (Å²) in [6.45, 7) is 8.62. The van der Waals surface area contributed by atoms with Gasteiger partial charge in [-0.2, -0.15) is 5.10 Å². The maximum Gasteiger partial charge on any atom is 0.328 e. The second kappa shape index (κ2) is 6.93. The number of ether oxygens (including phenoxy) is 1. The molecule has 0 radical (unpaired) electrons. The van der Waals surface area contributed by atoms with E-state index in [0.29, 0.717) is 6.54 Å². The summed E-state index contributed by atoms with van der Waals surface area (Å²) in [4.78, 5) is 22.9. The van der Waals surface area contributed by atoms with Gasteiger partial charge in [0, 0.05) is 24.3 Å². The summed E-state index contributed by atoms with van der Waals surface area (Å²) in [7, 11) is 1.28. The van der Waals surface area contributed by atoms with Gasteiger partial charge in [0.1, 0.15) is 6.04 Å². The highest BCUT2D eigenvalue weighted by Gasteiger charge is 2.16. The number of hydrogen-bond acceptors (Lipinski definition) is 4. The SMILES string of the molecule is CCn1nc(C)c(CNC(=O)NC(C)C(=O)OC)c1C. The fraction of sp³-hybridized carbons (Fsp3) is 0.615. The van der Waals surface area contributed by atoms with Gasteiger partial charge >= 0.3 is 12.0 Å². The molecule has 0 aliphatic rings. The Morgan fingerprint density at radius 2 is 2.05 bits per heavy atom. The Hall–Kier alpha value is -2.05. The van der Waals surface area contributed by atoms with Crippen molar-refractivity contribution >= 4 is 12.0 Å². The standard InChI is InChI=1S/C13H22N4O3/c1-6-17-10(4)11(8(2)16-17)7-14-13(19)15-9(3)12(18)20-5/h9H,6-7H2,1-5H3,(H2,14,15,19). The maximum absolute atomic E-state index is 11.7. The lowest BCUT2D eigenvalue weighted by Gasteiger charge is -2.12. The molecule has 7 nitrogen and oxygen atoms in total. The van der Waals surface area contributed by atoms with Crippen LogP contribution in [0.25, 0.3) is 0 Å². The van der Waals surface area contributed by atoms with Crippen LogP contribution in [0.3, 0.4) is 0 Å². The van der Waals surface area contributed by atoms with Gasteiger partial charge in [0.15, 0.2) is 0 Å². The van der Waals surface area contributed by atoms with E-state index < -0.39 is 18.0 Å². The van der Waals surface area contributed by atoms with Gasteiger partial charge in [-0.3, -0.25) is 4.68 Å². The predicted octanol–water partition coefficient (Wildman–Crippen LogP) is 0.881. The fourth-order valence-electron chi connectivity index (χ4n) is 1.95. The number of esters is 1. The minimum atomic E-state index is -0.680. The van der Waals surface area contributed by atoms with Gasteiger partial charge in [-0.05, 0) is 27.7 Å². The van der Waals surface area contributed by atoms with E-state index in [2.05, 4.69) is 20.5 Å². The van der Waals surface area contributed by atoms with Crippen LogP contribution in [0.15, 0.2) is 0 Å². The van der Waals surface area contributed by atoms with Crippen LogP contribution in [0.4, 0.5) is 4.79 Å². The summed E-state index contributed by atoms with van der Waals surface area (Å²) in [5.74, 6) is -0.480. The van der Waals surface area contributed by atoms with Crippen LogP contribution in [0.1, 0.15) is 30.8 Å². The number of carbonyl (C=O) groups excluding carboxylic acids is 2. The second-order valence-corrected chi connectivity index (χ2v) is 4.54. The maximum atomic E-state index is 11.7. The first-order valence-corrected chi connectivity index (χ1v) is 6.55. The molecule has 1 unspecified atom stereocenters. The van der Waals surface area contributed by atoms with E-state index in [1.807, 2.05) is 25.5 Å². The molecule has 1 heterocycles. The molecule has 7 heteroatoms. The van der Waals surface area contributed by atoms with Crippen LogP contribution in [-0.4, -0.2) is 34.9 Å². The molecule has 112 valence electrons. The average molecular weight is 282 g/mol. The molecule has 2 amide bonds. The largest absolute Gasteiger partial charge is 0.467 e. The first-order valence-electron chi connectivity index (χ1n) is 6.55. The molecule has 0 saturated carbocycles. The lowest BCUT2D eigenvalue weighted by molar-refractivity contribution is -0.142. The van der Waals surface area contributed by atoms with Crippen molar-refractivity contribution < 1.29 is 14.3 Å². The Morgan fingerprint density at radius 3 is 2.55 bits per heavy atom. The minimum absolute atomic E-state index is 0.372. The van der Waals surface area contributed by atoms with Crippen molar-refractivity contribution in [3.05, 3.63) is 17.0 Å². The quantitative estimate of drug-likeness (QED) is 0.785. The van der Waals surface area contributed by atoms with Gasteiger partial charge in [-0.25, -0.2) is 9.59 Å². The first-order chi connectivity index (χ1) is 9.40. The highest BCUT2D eigenvalue weighted by atomic mass is 16.5. The number of aryl methyl sites for hydroxylation is 2. The molecule has 20 heavy (non-hydrogen) atoms. The molecule has 0 fully saturated rings. The fourth-order valence-corrected chi connectivity index (χ4v) is 1.95. The highest BCUT2D eigenvalue weighted by Crippen LogP contribution is 2.12. The van der Waals surface area contributed by atoms with Gasteiger partial charge in [-0.15, -0.1) is 0 Å². The van der Waals surface area contributed by atoms with E-state index >= 15 is 0 Å². The van der Waals surface area contributed by atoms with E-state index in [9.17, 15) is 9.59 Å². The number of carbonyl (C=O) groups is 2. The van der Waals surface area contributed by atoms with Crippen LogP contribution >= 0.6 is 0 Å². The number of hydrogen-bond donors (Lipinski definition) is 2. The van der Waals surface area contributed by atoms with Crippen molar-refractivity contribution in [2.24, 2.45) is 0 Å². The first kappa shape index (κ1) is 16.0. The van der Waals surface area contributed by atoms with Crippen molar-refractivity contribution in [2.45, 2.75) is 46.8 Å². The van der Waals surface area contributed by atoms with Crippen LogP contribution in [0, 0.1) is 13.8 Å². The molecule has 0 saturated heterocycles. The molecule has 2 N–H and O–H groups in total. The Bertz CT molecular complexity index is 496. The third kappa shape index (κ3) is 3.72. The number of nitrogens with zero attached hydrogens (tertiary/aromatic N) is 2. The number of nitrogens with one attached hydrogen (secondary N) is 2. The smallest absolute Gasteiger partial charge is 0.328 e. The van der Waals surface area contributed by atoms with Crippen LogP contribution in [-0.2, 0) is 22.6 Å². The van der Waals surface area contributed by atoms with E-state index in [0.717, 1.165) is 23.5 Å². The number of urea groups is 1. The summed E-state index contributed by atoms with van der Waals surface area (Å²) >= 11 is 0. The summed E-state index contributed by atoms with van der Waals surface area (Å²) in [5.41, 5.74) is 2.92. The van der Waals surface area contributed by atoms with Crippen LogP contribution < -0.4 is 10.6 Å². The molecule has 0 bridgehead atoms. The van der Waals surface area contributed by atoms with Crippen LogP contribution in [0.2, 0.25) is 0 Å². The van der Waals surface area contributed by atoms with Gasteiger partial charge in [-0.1, -0.05) is 0 Å². The summed E-state index contributed by atoms with van der Waals surface area (Å²) < 4.78 is 6.43. The topological polar surface area (TPSA) is 85.3 Å². The Balaban J connectivity index is 2.57. The van der Waals surface area contributed by atoms with Crippen molar-refractivity contribution in [3.8, 4) is 0 Å². The van der Waals surface area contributed by atoms with Gasteiger partial charge in [0.2, 0.25) is 0 Å². The zero-order valence-electron chi connectivity index (χ0n) is 12.6. The lowest BCUT2D eigenvalue weighted by Crippen LogP contribution is -2.44. The van der Waals surface area contributed by atoms with Crippen molar-refractivity contribution in [1.82, 2.24) is 20.4 Å². The molecule has 0 spiro atoms. The molecule has 0 aromatic carbocycles. The molecule has 1 atom stereocenters. The van der Waals surface area contributed by atoms with Crippen LogP contribution in [0.5, 0.6) is 0 Å². The summed E-state index contributed by atoms with van der Waals surface area (Å²) in [6, 6.07) is -1.09. The highest BCUT2D eigenvalue weighted by molar-refractivity contribution is 5.83. The Labute approximate surface area is 118 Å². The minimum Gasteiger partial charge on any atom is -0.467 e. The molecule has 0 aliphatic heterocycles. The number of aromatic nitrogens is 2. The van der Waals surface area contributed by atoms with E-state index in [4.69, 9.17) is 0 Å². The van der Waals surface area contributed by atoms with E-state index in [-0.39, 0.29) is 0 Å². The Morgan fingerprint density at radius 1 is 1.40 bits per heavy atom. The van der Waals surface area contributed by atoms with Gasteiger partial charge in [0.25, 0.3) is 0 Å². The number of amides is 2. The summed E-state index contributed by atoms with van der Waals surface area (Å²) in [5, 5.41) is 9.61. The van der Waals surface area contributed by atoms with Gasteiger partial charge in [0.05, 0.1) is 12.8 Å². The molecule has 0 aliphatic carbocycles. The summed E-state index contributed by atoms with van der Waals surface area (Å²) in [6.07, 6.45) is 0. The lowest BCUT2D eigenvalue weighted by atomic mass is 10.2. The number of methoxy groups -OCH3 is 1. The third-order valence-electron chi connectivity index (χ3n) is 3.16. The van der Waals surface area contributed by atoms with E-state index in [1.165, 1.54) is 7.11 Å². The molecular weight excluding hydrogens is 260 g/mol. The van der Waals surface area contributed by atoms with E-state index in [1.54, 1.807) is 6.92 Å². The molecule has 1 aromatic rings. The average Bonchev–Trinajstić information content (AvgIpc) is 2.70. The monoisotopic (exact) mass is 282 g/mol. The van der Waals surface area contributed by atoms with Crippen molar-refractivity contribution in [1.29, 1.82) is 0 Å². The molecule has 1 aromatic heterocycles. The predicted molar refractivity (Wildman–Crippen MR) is 74.2 cm³/mol.